The molecule has 0 saturated carbocycles. The molecule has 1 N–H and O–H groups in total. The molecular weight excluding hydrogens is 293 g/mol. The predicted molar refractivity (Wildman–Crippen MR) is 68.9 cm³/mol. The van der Waals surface area contributed by atoms with Crippen LogP contribution in [0.2, 0.25) is 5.28 Å². The molecule has 6 heteroatoms. The Morgan fingerprint density at radius 1 is 1.56 bits per heavy atom. The maximum atomic E-state index is 9.81. The molecular formula is C10H15BrClN3O. The van der Waals surface area contributed by atoms with E-state index in [-0.39, 0.29) is 5.28 Å². The molecule has 0 aliphatic rings. The Morgan fingerprint density at radius 3 is 2.69 bits per heavy atom. The van der Waals surface area contributed by atoms with Crippen molar-refractivity contribution in [3.8, 4) is 0 Å². The second kappa shape index (κ2) is 5.29. The SMILES string of the molecule is CCN(CC(C)(C)O)c1nc(Cl)ncc1Br. The Hall–Kier alpha value is -0.390. The van der Waals surface area contributed by atoms with E-state index in [1.807, 2.05) is 11.8 Å². The number of anilines is 1. The second-order valence-electron chi connectivity index (χ2n) is 4.14. The van der Waals surface area contributed by atoms with E-state index in [0.29, 0.717) is 12.4 Å². The van der Waals surface area contributed by atoms with Gasteiger partial charge in [0.1, 0.15) is 5.82 Å². The van der Waals surface area contributed by atoms with Gasteiger partial charge in [-0.05, 0) is 48.3 Å². The molecule has 90 valence electrons. The number of aliphatic hydroxyl groups is 1. The average molecular weight is 309 g/mol. The van der Waals surface area contributed by atoms with Crippen molar-refractivity contribution in [3.63, 3.8) is 0 Å². The summed E-state index contributed by atoms with van der Waals surface area (Å²) in [5.74, 6) is 0.699. The third-order valence-corrected chi connectivity index (χ3v) is 2.70. The molecule has 16 heavy (non-hydrogen) atoms. The summed E-state index contributed by atoms with van der Waals surface area (Å²) in [6.07, 6.45) is 1.61. The quantitative estimate of drug-likeness (QED) is 0.868. The van der Waals surface area contributed by atoms with E-state index in [1.54, 1.807) is 20.0 Å². The van der Waals surface area contributed by atoms with Crippen molar-refractivity contribution in [2.45, 2.75) is 26.4 Å². The number of rotatable bonds is 4. The molecule has 0 aliphatic heterocycles. The van der Waals surface area contributed by atoms with Gasteiger partial charge in [-0.15, -0.1) is 0 Å². The maximum Gasteiger partial charge on any atom is 0.224 e. The highest BCUT2D eigenvalue weighted by atomic mass is 79.9. The molecule has 0 radical (unpaired) electrons. The molecule has 1 rings (SSSR count). The van der Waals surface area contributed by atoms with E-state index < -0.39 is 5.60 Å². The van der Waals surface area contributed by atoms with Gasteiger partial charge in [-0.25, -0.2) is 4.98 Å². The minimum absolute atomic E-state index is 0.201. The molecule has 4 nitrogen and oxygen atoms in total. The van der Waals surface area contributed by atoms with Gasteiger partial charge in [0.25, 0.3) is 0 Å². The second-order valence-corrected chi connectivity index (χ2v) is 5.33. The zero-order valence-electron chi connectivity index (χ0n) is 9.54. The molecule has 0 bridgehead atoms. The average Bonchev–Trinajstić information content (AvgIpc) is 2.17. The Labute approximate surface area is 109 Å². The first-order chi connectivity index (χ1) is 7.33. The van der Waals surface area contributed by atoms with Crippen molar-refractivity contribution in [1.82, 2.24) is 9.97 Å². The van der Waals surface area contributed by atoms with Gasteiger partial charge >= 0.3 is 0 Å². The number of hydrogen-bond donors (Lipinski definition) is 1. The van der Waals surface area contributed by atoms with Crippen molar-refractivity contribution >= 4 is 33.3 Å². The third kappa shape index (κ3) is 3.88. The lowest BCUT2D eigenvalue weighted by Gasteiger charge is -2.29. The van der Waals surface area contributed by atoms with Crippen molar-refractivity contribution in [3.05, 3.63) is 16.0 Å². The molecule has 0 spiro atoms. The minimum atomic E-state index is -0.785. The largest absolute Gasteiger partial charge is 0.389 e. The molecule has 0 atom stereocenters. The van der Waals surface area contributed by atoms with Crippen molar-refractivity contribution in [2.75, 3.05) is 18.0 Å². The van der Waals surface area contributed by atoms with E-state index in [1.165, 1.54) is 0 Å². The normalized spacial score (nSPS) is 11.6. The highest BCUT2D eigenvalue weighted by Gasteiger charge is 2.20. The molecule has 0 unspecified atom stereocenters. The highest BCUT2D eigenvalue weighted by molar-refractivity contribution is 9.10. The first kappa shape index (κ1) is 13.7. The zero-order valence-corrected chi connectivity index (χ0v) is 11.9. The Bertz CT molecular complexity index is 368. The van der Waals surface area contributed by atoms with Crippen LogP contribution in [0.4, 0.5) is 5.82 Å². The molecule has 0 aromatic carbocycles. The number of hydrogen-bond acceptors (Lipinski definition) is 4. The van der Waals surface area contributed by atoms with Gasteiger partial charge in [0.2, 0.25) is 5.28 Å². The number of nitrogens with zero attached hydrogens (tertiary/aromatic N) is 3. The summed E-state index contributed by atoms with van der Waals surface area (Å²) < 4.78 is 0.767. The van der Waals surface area contributed by atoms with Gasteiger partial charge in [-0.2, -0.15) is 4.98 Å². The monoisotopic (exact) mass is 307 g/mol. The van der Waals surface area contributed by atoms with Crippen LogP contribution < -0.4 is 4.90 Å². The van der Waals surface area contributed by atoms with Gasteiger partial charge in [0.15, 0.2) is 0 Å². The Kier molecular flexibility index (Phi) is 4.52. The molecule has 0 aliphatic carbocycles. The van der Waals surface area contributed by atoms with Crippen LogP contribution in [-0.4, -0.2) is 33.8 Å². The smallest absolute Gasteiger partial charge is 0.224 e. The van der Waals surface area contributed by atoms with Gasteiger partial charge in [-0.3, -0.25) is 0 Å². The fourth-order valence-corrected chi connectivity index (χ4v) is 1.93. The first-order valence-corrected chi connectivity index (χ1v) is 6.16. The lowest BCUT2D eigenvalue weighted by Crippen LogP contribution is -2.39. The molecule has 1 aromatic heterocycles. The Balaban J connectivity index is 2.99. The molecule has 0 saturated heterocycles. The summed E-state index contributed by atoms with van der Waals surface area (Å²) in [7, 11) is 0. The summed E-state index contributed by atoms with van der Waals surface area (Å²) >= 11 is 9.13. The molecule has 0 amide bonds. The fourth-order valence-electron chi connectivity index (χ4n) is 1.36. The summed E-state index contributed by atoms with van der Waals surface area (Å²) in [5, 5.41) is 10.0. The molecule has 1 aromatic rings. The minimum Gasteiger partial charge on any atom is -0.389 e. The summed E-state index contributed by atoms with van der Waals surface area (Å²) in [6, 6.07) is 0. The lowest BCUT2D eigenvalue weighted by molar-refractivity contribution is 0.0874. The van der Waals surface area contributed by atoms with E-state index in [4.69, 9.17) is 11.6 Å². The van der Waals surface area contributed by atoms with Gasteiger partial charge < -0.3 is 10.0 Å². The van der Waals surface area contributed by atoms with Crippen LogP contribution in [0.3, 0.4) is 0 Å². The van der Waals surface area contributed by atoms with Crippen LogP contribution in [0, 0.1) is 0 Å². The number of likely N-dealkylation sites (N-methyl/N-ethyl adjacent to an activating group) is 1. The fraction of sp³-hybridized carbons (Fsp3) is 0.600. The van der Waals surface area contributed by atoms with Crippen LogP contribution in [0.15, 0.2) is 10.7 Å². The van der Waals surface area contributed by atoms with E-state index >= 15 is 0 Å². The topological polar surface area (TPSA) is 49.2 Å². The van der Waals surface area contributed by atoms with E-state index in [0.717, 1.165) is 11.0 Å². The Morgan fingerprint density at radius 2 is 2.19 bits per heavy atom. The lowest BCUT2D eigenvalue weighted by atomic mass is 10.1. The van der Waals surface area contributed by atoms with Crippen LogP contribution in [-0.2, 0) is 0 Å². The van der Waals surface area contributed by atoms with Gasteiger partial charge in [0, 0.05) is 19.3 Å². The standard InChI is InChI=1S/C10H15BrClN3O/c1-4-15(6-10(2,3)16)8-7(11)5-13-9(12)14-8/h5,16H,4,6H2,1-3H3. The van der Waals surface area contributed by atoms with Gasteiger partial charge in [-0.1, -0.05) is 0 Å². The van der Waals surface area contributed by atoms with Crippen molar-refractivity contribution in [2.24, 2.45) is 0 Å². The summed E-state index contributed by atoms with van der Waals surface area (Å²) in [6.45, 7) is 6.72. The van der Waals surface area contributed by atoms with Crippen molar-refractivity contribution < 1.29 is 5.11 Å². The van der Waals surface area contributed by atoms with Crippen molar-refractivity contribution in [1.29, 1.82) is 0 Å². The molecule has 1 heterocycles. The van der Waals surface area contributed by atoms with E-state index in [2.05, 4.69) is 25.9 Å². The third-order valence-electron chi connectivity index (χ3n) is 1.96. The van der Waals surface area contributed by atoms with E-state index in [9.17, 15) is 5.11 Å². The van der Waals surface area contributed by atoms with Crippen LogP contribution in [0.5, 0.6) is 0 Å². The maximum absolute atomic E-state index is 9.81. The van der Waals surface area contributed by atoms with Crippen LogP contribution in [0.25, 0.3) is 0 Å². The molecule has 0 fully saturated rings. The summed E-state index contributed by atoms with van der Waals surface area (Å²) in [5.41, 5.74) is -0.785. The number of aromatic nitrogens is 2. The van der Waals surface area contributed by atoms with Crippen LogP contribution >= 0.6 is 27.5 Å². The summed E-state index contributed by atoms with van der Waals surface area (Å²) in [4.78, 5) is 9.96. The highest BCUT2D eigenvalue weighted by Crippen LogP contribution is 2.25. The van der Waals surface area contributed by atoms with Gasteiger partial charge in [0.05, 0.1) is 10.1 Å². The predicted octanol–water partition coefficient (Wildman–Crippen LogP) is 2.49. The van der Waals surface area contributed by atoms with Crippen LogP contribution in [0.1, 0.15) is 20.8 Å². The number of halogens is 2. The first-order valence-electron chi connectivity index (χ1n) is 4.99. The zero-order chi connectivity index (χ0) is 12.3.